The number of likely N-dealkylation sites (N-methyl/N-ethyl adjacent to an activating group) is 1. The highest BCUT2D eigenvalue weighted by Gasteiger charge is 2.29. The van der Waals surface area contributed by atoms with Gasteiger partial charge in [-0.2, -0.15) is 0 Å². The number of fused-ring (bicyclic) bond motifs is 1. The molecule has 1 aromatic carbocycles. The molecular weight excluding hydrogens is 404 g/mol. The van der Waals surface area contributed by atoms with Crippen molar-refractivity contribution in [1.29, 1.82) is 0 Å². The fraction of sp³-hybridized carbons (Fsp3) is 0.524. The van der Waals surface area contributed by atoms with Gasteiger partial charge in [0.05, 0.1) is 11.1 Å². The van der Waals surface area contributed by atoms with Gasteiger partial charge in [0.1, 0.15) is 0 Å². The maximum Gasteiger partial charge on any atom is 0.254 e. The van der Waals surface area contributed by atoms with Gasteiger partial charge in [-0.1, -0.05) is 22.0 Å². The van der Waals surface area contributed by atoms with Crippen molar-refractivity contribution in [3.8, 4) is 0 Å². The topological polar surface area (TPSA) is 39.7 Å². The van der Waals surface area contributed by atoms with Gasteiger partial charge in [0.15, 0.2) is 0 Å². The molecule has 0 radical (unpaired) electrons. The summed E-state index contributed by atoms with van der Waals surface area (Å²) in [5, 5.41) is 0.935. The van der Waals surface area contributed by atoms with E-state index >= 15 is 0 Å². The number of aryl methyl sites for hydroxylation is 1. The Morgan fingerprint density at radius 3 is 2.67 bits per heavy atom. The molecule has 27 heavy (non-hydrogen) atoms. The molecule has 2 aliphatic heterocycles. The number of halogens is 1. The molecule has 2 fully saturated rings. The predicted octanol–water partition coefficient (Wildman–Crippen LogP) is 3.16. The van der Waals surface area contributed by atoms with Crippen LogP contribution in [0.4, 0.5) is 0 Å². The number of piperazine rings is 1. The Balaban J connectivity index is 1.49. The van der Waals surface area contributed by atoms with E-state index in [-0.39, 0.29) is 5.91 Å². The second-order valence-electron chi connectivity index (χ2n) is 7.86. The maximum absolute atomic E-state index is 13.2. The second kappa shape index (κ2) is 7.86. The number of piperidine rings is 1. The summed E-state index contributed by atoms with van der Waals surface area (Å²) in [5.74, 6) is 0.133. The van der Waals surface area contributed by atoms with Crippen molar-refractivity contribution >= 4 is 32.7 Å². The number of nitrogens with zero attached hydrogens (tertiary/aromatic N) is 4. The number of carbonyl (C=O) groups is 1. The summed E-state index contributed by atoms with van der Waals surface area (Å²) < 4.78 is 0.984. The van der Waals surface area contributed by atoms with E-state index in [2.05, 4.69) is 37.8 Å². The van der Waals surface area contributed by atoms with E-state index in [0.29, 0.717) is 6.04 Å². The molecule has 1 aromatic heterocycles. The summed E-state index contributed by atoms with van der Waals surface area (Å²) in [5.41, 5.74) is 2.53. The average molecular weight is 431 g/mol. The SMILES string of the molecule is Cc1cc(C(=O)N2CCN(C3CCCN(C)C3)CC2)c2ccc(Br)cc2n1. The number of hydrogen-bond donors (Lipinski definition) is 0. The third-order valence-electron chi connectivity index (χ3n) is 5.85. The van der Waals surface area contributed by atoms with Crippen molar-refractivity contribution in [2.75, 3.05) is 46.3 Å². The Bertz CT molecular complexity index is 842. The van der Waals surface area contributed by atoms with Crippen LogP contribution in [0.2, 0.25) is 0 Å². The molecule has 1 atom stereocenters. The molecule has 5 nitrogen and oxygen atoms in total. The van der Waals surface area contributed by atoms with Crippen molar-refractivity contribution in [1.82, 2.24) is 19.7 Å². The fourth-order valence-electron chi connectivity index (χ4n) is 4.41. The number of amides is 1. The van der Waals surface area contributed by atoms with Gasteiger partial charge in [-0.05, 0) is 51.6 Å². The van der Waals surface area contributed by atoms with E-state index in [1.54, 1.807) is 0 Å². The van der Waals surface area contributed by atoms with Crippen LogP contribution < -0.4 is 0 Å². The maximum atomic E-state index is 13.2. The minimum atomic E-state index is 0.133. The fourth-order valence-corrected chi connectivity index (χ4v) is 4.76. The first-order chi connectivity index (χ1) is 13.0. The second-order valence-corrected chi connectivity index (χ2v) is 8.77. The summed E-state index contributed by atoms with van der Waals surface area (Å²) in [7, 11) is 2.21. The Kier molecular flexibility index (Phi) is 5.48. The molecular formula is C21H27BrN4O. The minimum Gasteiger partial charge on any atom is -0.336 e. The first-order valence-electron chi connectivity index (χ1n) is 9.80. The third-order valence-corrected chi connectivity index (χ3v) is 6.34. The van der Waals surface area contributed by atoms with Gasteiger partial charge in [0, 0.05) is 54.3 Å². The lowest BCUT2D eigenvalue weighted by Crippen LogP contribution is -2.55. The number of carbonyl (C=O) groups excluding carboxylic acids is 1. The first-order valence-corrected chi connectivity index (χ1v) is 10.6. The average Bonchev–Trinajstić information content (AvgIpc) is 2.66. The van der Waals surface area contributed by atoms with Crippen molar-refractivity contribution in [2.24, 2.45) is 0 Å². The molecule has 1 unspecified atom stereocenters. The number of aromatic nitrogens is 1. The molecule has 2 aromatic rings. The normalized spacial score (nSPS) is 22.3. The number of pyridine rings is 1. The lowest BCUT2D eigenvalue weighted by molar-refractivity contribution is 0.0453. The molecule has 1 amide bonds. The Hall–Kier alpha value is -1.50. The molecule has 0 N–H and O–H groups in total. The molecule has 6 heteroatoms. The molecule has 2 aliphatic rings. The zero-order chi connectivity index (χ0) is 19.0. The van der Waals surface area contributed by atoms with E-state index in [9.17, 15) is 4.79 Å². The standard InChI is InChI=1S/C21H27BrN4O/c1-15-12-19(18-6-5-16(22)13-20(18)23-15)21(27)26-10-8-25(9-11-26)17-4-3-7-24(2)14-17/h5-6,12-13,17H,3-4,7-11,14H2,1-2H3. The molecule has 4 rings (SSSR count). The Labute approximate surface area is 169 Å². The van der Waals surface area contributed by atoms with Gasteiger partial charge in [-0.25, -0.2) is 0 Å². The van der Waals surface area contributed by atoms with Gasteiger partial charge in [0.2, 0.25) is 0 Å². The Morgan fingerprint density at radius 2 is 1.93 bits per heavy atom. The number of likely N-dealkylation sites (tertiary alicyclic amines) is 1. The highest BCUT2D eigenvalue weighted by Crippen LogP contribution is 2.24. The smallest absolute Gasteiger partial charge is 0.254 e. The van der Waals surface area contributed by atoms with Crippen molar-refractivity contribution in [3.05, 3.63) is 40.0 Å². The predicted molar refractivity (Wildman–Crippen MR) is 112 cm³/mol. The van der Waals surface area contributed by atoms with Crippen LogP contribution >= 0.6 is 15.9 Å². The highest BCUT2D eigenvalue weighted by atomic mass is 79.9. The van der Waals surface area contributed by atoms with Gasteiger partial charge >= 0.3 is 0 Å². The zero-order valence-electron chi connectivity index (χ0n) is 16.1. The quantitative estimate of drug-likeness (QED) is 0.733. The molecule has 2 saturated heterocycles. The van der Waals surface area contributed by atoms with Crippen LogP contribution in [0.5, 0.6) is 0 Å². The van der Waals surface area contributed by atoms with Crippen molar-refractivity contribution in [3.63, 3.8) is 0 Å². The largest absolute Gasteiger partial charge is 0.336 e. The summed E-state index contributed by atoms with van der Waals surface area (Å²) in [6.07, 6.45) is 2.56. The van der Waals surface area contributed by atoms with Gasteiger partial charge in [0.25, 0.3) is 5.91 Å². The molecule has 0 saturated carbocycles. The highest BCUT2D eigenvalue weighted by molar-refractivity contribution is 9.10. The summed E-state index contributed by atoms with van der Waals surface area (Å²) >= 11 is 3.50. The van der Waals surface area contributed by atoms with Gasteiger partial charge in [-0.3, -0.25) is 14.7 Å². The first kappa shape index (κ1) is 18.8. The summed E-state index contributed by atoms with van der Waals surface area (Å²) in [4.78, 5) is 24.9. The zero-order valence-corrected chi connectivity index (χ0v) is 17.7. The van der Waals surface area contributed by atoms with Crippen molar-refractivity contribution < 1.29 is 4.79 Å². The molecule has 144 valence electrons. The van der Waals surface area contributed by atoms with E-state index in [1.807, 2.05) is 36.1 Å². The van der Waals surface area contributed by atoms with E-state index in [4.69, 9.17) is 0 Å². The van der Waals surface area contributed by atoms with E-state index < -0.39 is 0 Å². The molecule has 3 heterocycles. The van der Waals surface area contributed by atoms with Gasteiger partial charge < -0.3 is 9.80 Å². The van der Waals surface area contributed by atoms with Crippen LogP contribution in [0.3, 0.4) is 0 Å². The number of hydrogen-bond acceptors (Lipinski definition) is 4. The van der Waals surface area contributed by atoms with Crippen LogP contribution in [-0.2, 0) is 0 Å². The van der Waals surface area contributed by atoms with E-state index in [0.717, 1.165) is 59.4 Å². The number of benzene rings is 1. The Morgan fingerprint density at radius 1 is 1.15 bits per heavy atom. The van der Waals surface area contributed by atoms with Crippen LogP contribution in [0.1, 0.15) is 28.9 Å². The lowest BCUT2D eigenvalue weighted by Gasteiger charge is -2.42. The van der Waals surface area contributed by atoms with Crippen LogP contribution in [0.15, 0.2) is 28.7 Å². The van der Waals surface area contributed by atoms with Crippen LogP contribution in [0, 0.1) is 6.92 Å². The van der Waals surface area contributed by atoms with E-state index in [1.165, 1.54) is 19.4 Å². The van der Waals surface area contributed by atoms with Crippen LogP contribution in [-0.4, -0.2) is 77.9 Å². The summed E-state index contributed by atoms with van der Waals surface area (Å²) in [6.45, 7) is 7.86. The summed E-state index contributed by atoms with van der Waals surface area (Å²) in [6, 6.07) is 8.53. The molecule has 0 spiro atoms. The molecule has 0 aliphatic carbocycles. The van der Waals surface area contributed by atoms with Gasteiger partial charge in [-0.15, -0.1) is 0 Å². The molecule has 0 bridgehead atoms. The lowest BCUT2D eigenvalue weighted by atomic mass is 10.0. The van der Waals surface area contributed by atoms with Crippen molar-refractivity contribution in [2.45, 2.75) is 25.8 Å². The minimum absolute atomic E-state index is 0.133. The third kappa shape index (κ3) is 4.03. The van der Waals surface area contributed by atoms with Crippen LogP contribution in [0.25, 0.3) is 10.9 Å². The monoisotopic (exact) mass is 430 g/mol. The number of rotatable bonds is 2.